The Hall–Kier alpha value is -2.74. The number of anilines is 2. The SMILES string of the molecule is Cc1cc(Nc2cc(C)on2)nc([C@H]2CCN(Cc3ncc[nH]3)C2)n1. The molecule has 4 heterocycles. The number of rotatable bonds is 5. The molecule has 25 heavy (non-hydrogen) atoms. The summed E-state index contributed by atoms with van der Waals surface area (Å²) < 4.78 is 5.09. The second kappa shape index (κ2) is 6.64. The van der Waals surface area contributed by atoms with Gasteiger partial charge in [0.15, 0.2) is 5.82 Å². The Morgan fingerprint density at radius 2 is 2.20 bits per heavy atom. The molecular formula is C17H21N7O. The first-order chi connectivity index (χ1) is 12.2. The van der Waals surface area contributed by atoms with Crippen LogP contribution in [0.3, 0.4) is 0 Å². The Morgan fingerprint density at radius 1 is 1.28 bits per heavy atom. The largest absolute Gasteiger partial charge is 0.360 e. The molecule has 0 aromatic carbocycles. The highest BCUT2D eigenvalue weighted by atomic mass is 16.5. The number of likely N-dealkylation sites (tertiary alicyclic amines) is 1. The molecule has 1 fully saturated rings. The number of aryl methyl sites for hydroxylation is 2. The van der Waals surface area contributed by atoms with Gasteiger partial charge in [-0.05, 0) is 26.8 Å². The monoisotopic (exact) mass is 339 g/mol. The molecule has 3 aromatic heterocycles. The van der Waals surface area contributed by atoms with Gasteiger partial charge in [-0.25, -0.2) is 15.0 Å². The van der Waals surface area contributed by atoms with Crippen LogP contribution in [0, 0.1) is 13.8 Å². The van der Waals surface area contributed by atoms with E-state index in [9.17, 15) is 0 Å². The van der Waals surface area contributed by atoms with E-state index in [4.69, 9.17) is 9.51 Å². The molecule has 0 spiro atoms. The molecule has 8 heteroatoms. The molecule has 8 nitrogen and oxygen atoms in total. The molecule has 130 valence electrons. The summed E-state index contributed by atoms with van der Waals surface area (Å²) in [7, 11) is 0. The maximum Gasteiger partial charge on any atom is 0.175 e. The average Bonchev–Trinajstić information content (AvgIpc) is 3.30. The molecule has 0 amide bonds. The Labute approximate surface area is 145 Å². The molecule has 2 N–H and O–H groups in total. The van der Waals surface area contributed by atoms with E-state index in [0.717, 1.165) is 55.0 Å². The van der Waals surface area contributed by atoms with Crippen LogP contribution in [0.2, 0.25) is 0 Å². The maximum absolute atomic E-state index is 5.09. The Bertz CT molecular complexity index is 843. The molecule has 4 rings (SSSR count). The van der Waals surface area contributed by atoms with Crippen molar-refractivity contribution in [2.45, 2.75) is 32.7 Å². The molecule has 1 aliphatic rings. The van der Waals surface area contributed by atoms with E-state index in [-0.39, 0.29) is 0 Å². The number of aromatic nitrogens is 5. The van der Waals surface area contributed by atoms with E-state index in [0.29, 0.717) is 11.7 Å². The lowest BCUT2D eigenvalue weighted by Crippen LogP contribution is -2.21. The zero-order valence-corrected chi connectivity index (χ0v) is 14.4. The van der Waals surface area contributed by atoms with Gasteiger partial charge in [-0.15, -0.1) is 0 Å². The highest BCUT2D eigenvalue weighted by molar-refractivity contribution is 5.51. The summed E-state index contributed by atoms with van der Waals surface area (Å²) in [5.41, 5.74) is 0.942. The van der Waals surface area contributed by atoms with Gasteiger partial charge in [-0.2, -0.15) is 0 Å². The van der Waals surface area contributed by atoms with Gasteiger partial charge in [0.1, 0.15) is 23.2 Å². The minimum Gasteiger partial charge on any atom is -0.360 e. The van der Waals surface area contributed by atoms with Crippen molar-refractivity contribution in [3.05, 3.63) is 47.6 Å². The van der Waals surface area contributed by atoms with Crippen molar-refractivity contribution in [3.63, 3.8) is 0 Å². The Kier molecular flexibility index (Phi) is 4.19. The fourth-order valence-electron chi connectivity index (χ4n) is 3.18. The van der Waals surface area contributed by atoms with E-state index >= 15 is 0 Å². The quantitative estimate of drug-likeness (QED) is 0.737. The van der Waals surface area contributed by atoms with Gasteiger partial charge in [-0.3, -0.25) is 4.90 Å². The molecule has 0 unspecified atom stereocenters. The summed E-state index contributed by atoms with van der Waals surface area (Å²) in [6.07, 6.45) is 4.69. The third-order valence-corrected chi connectivity index (χ3v) is 4.32. The van der Waals surface area contributed by atoms with E-state index in [1.165, 1.54) is 0 Å². The summed E-state index contributed by atoms with van der Waals surface area (Å²) in [5.74, 6) is 4.37. The van der Waals surface area contributed by atoms with Crippen molar-refractivity contribution in [3.8, 4) is 0 Å². The fraction of sp³-hybridized carbons (Fsp3) is 0.412. The van der Waals surface area contributed by atoms with Gasteiger partial charge < -0.3 is 14.8 Å². The second-order valence-electron chi connectivity index (χ2n) is 6.46. The lowest BCUT2D eigenvalue weighted by Gasteiger charge is -2.14. The van der Waals surface area contributed by atoms with Crippen LogP contribution < -0.4 is 5.32 Å². The van der Waals surface area contributed by atoms with Gasteiger partial charge in [0, 0.05) is 42.7 Å². The smallest absolute Gasteiger partial charge is 0.175 e. The fourth-order valence-corrected chi connectivity index (χ4v) is 3.18. The summed E-state index contributed by atoms with van der Waals surface area (Å²) in [5, 5.41) is 7.15. The first-order valence-electron chi connectivity index (χ1n) is 8.42. The lowest BCUT2D eigenvalue weighted by molar-refractivity contribution is 0.318. The van der Waals surface area contributed by atoms with Crippen LogP contribution >= 0.6 is 0 Å². The second-order valence-corrected chi connectivity index (χ2v) is 6.46. The molecule has 1 atom stereocenters. The van der Waals surface area contributed by atoms with Crippen LogP contribution in [-0.2, 0) is 6.54 Å². The zero-order valence-electron chi connectivity index (χ0n) is 14.4. The van der Waals surface area contributed by atoms with Gasteiger partial charge in [0.05, 0.1) is 6.54 Å². The number of nitrogens with zero attached hydrogens (tertiary/aromatic N) is 5. The molecule has 0 bridgehead atoms. The van der Waals surface area contributed by atoms with Crippen LogP contribution in [0.5, 0.6) is 0 Å². The summed E-state index contributed by atoms with van der Waals surface area (Å²) in [6.45, 7) is 6.64. The van der Waals surface area contributed by atoms with Crippen LogP contribution in [-0.4, -0.2) is 43.1 Å². The molecular weight excluding hydrogens is 318 g/mol. The highest BCUT2D eigenvalue weighted by Gasteiger charge is 2.27. The van der Waals surface area contributed by atoms with Crippen molar-refractivity contribution in [2.24, 2.45) is 0 Å². The van der Waals surface area contributed by atoms with Crippen LogP contribution in [0.25, 0.3) is 0 Å². The molecule has 0 aliphatic carbocycles. The van der Waals surface area contributed by atoms with Gasteiger partial charge >= 0.3 is 0 Å². The first kappa shape index (κ1) is 15.8. The average molecular weight is 339 g/mol. The van der Waals surface area contributed by atoms with E-state index < -0.39 is 0 Å². The minimum absolute atomic E-state index is 0.328. The Morgan fingerprint density at radius 3 is 2.96 bits per heavy atom. The van der Waals surface area contributed by atoms with Crippen molar-refractivity contribution in [2.75, 3.05) is 18.4 Å². The molecule has 3 aromatic rings. The number of H-pyrrole nitrogens is 1. The normalized spacial score (nSPS) is 17.9. The van der Waals surface area contributed by atoms with E-state index in [2.05, 4.69) is 30.3 Å². The van der Waals surface area contributed by atoms with Gasteiger partial charge in [-0.1, -0.05) is 5.16 Å². The molecule has 1 aliphatic heterocycles. The van der Waals surface area contributed by atoms with Gasteiger partial charge in [0.2, 0.25) is 0 Å². The predicted octanol–water partition coefficient (Wildman–Crippen LogP) is 2.54. The van der Waals surface area contributed by atoms with E-state index in [1.54, 1.807) is 6.20 Å². The predicted molar refractivity (Wildman–Crippen MR) is 92.5 cm³/mol. The summed E-state index contributed by atoms with van der Waals surface area (Å²) in [6, 6.07) is 3.76. The summed E-state index contributed by atoms with van der Waals surface area (Å²) >= 11 is 0. The third kappa shape index (κ3) is 3.69. The van der Waals surface area contributed by atoms with Crippen molar-refractivity contribution >= 4 is 11.6 Å². The number of aromatic amines is 1. The molecule has 0 saturated carbocycles. The van der Waals surface area contributed by atoms with Crippen molar-refractivity contribution < 1.29 is 4.52 Å². The van der Waals surface area contributed by atoms with Crippen LogP contribution in [0.4, 0.5) is 11.6 Å². The van der Waals surface area contributed by atoms with Gasteiger partial charge in [0.25, 0.3) is 0 Å². The van der Waals surface area contributed by atoms with E-state index in [1.807, 2.05) is 32.2 Å². The zero-order chi connectivity index (χ0) is 17.2. The van der Waals surface area contributed by atoms with Crippen LogP contribution in [0.15, 0.2) is 29.0 Å². The van der Waals surface area contributed by atoms with Crippen molar-refractivity contribution in [1.29, 1.82) is 0 Å². The first-order valence-corrected chi connectivity index (χ1v) is 8.42. The maximum atomic E-state index is 5.09. The number of hydrogen-bond donors (Lipinski definition) is 2. The van der Waals surface area contributed by atoms with Crippen LogP contribution in [0.1, 0.15) is 35.4 Å². The minimum atomic E-state index is 0.328. The molecule has 0 radical (unpaired) electrons. The third-order valence-electron chi connectivity index (χ3n) is 4.32. The highest BCUT2D eigenvalue weighted by Crippen LogP contribution is 2.27. The standard InChI is InChI=1S/C17H21N7O/c1-11-7-14(21-15-8-12(2)25-23-15)22-17(20-11)13-3-6-24(9-13)10-16-18-4-5-19-16/h4-5,7-8,13H,3,6,9-10H2,1-2H3,(H,18,19)(H,20,21,22,23)/t13-/m0/s1. The number of imidazole rings is 1. The molecule has 1 saturated heterocycles. The lowest BCUT2D eigenvalue weighted by atomic mass is 10.1. The number of nitrogens with one attached hydrogen (secondary N) is 2. The number of hydrogen-bond acceptors (Lipinski definition) is 7. The summed E-state index contributed by atoms with van der Waals surface area (Å²) in [4.78, 5) is 19.2. The topological polar surface area (TPSA) is 95.8 Å². The van der Waals surface area contributed by atoms with Crippen molar-refractivity contribution in [1.82, 2.24) is 30.0 Å². The Balaban J connectivity index is 1.46.